The van der Waals surface area contributed by atoms with Crippen molar-refractivity contribution in [3.8, 4) is 11.5 Å². The van der Waals surface area contributed by atoms with Crippen molar-refractivity contribution in [2.24, 2.45) is 0 Å². The van der Waals surface area contributed by atoms with Gasteiger partial charge in [-0.15, -0.1) is 0 Å². The first-order valence-electron chi connectivity index (χ1n) is 6.60. The number of nitrogens with zero attached hydrogens (tertiary/aromatic N) is 1. The molecular formula is C15H12N2O4S2. The van der Waals surface area contributed by atoms with Crippen LogP contribution < -0.4 is 14.8 Å². The summed E-state index contributed by atoms with van der Waals surface area (Å²) in [7, 11) is 1.55. The molecule has 1 aromatic heterocycles. The lowest BCUT2D eigenvalue weighted by molar-refractivity contribution is -0.115. The minimum atomic E-state index is -0.191. The second-order valence-electron chi connectivity index (χ2n) is 4.48. The van der Waals surface area contributed by atoms with Crippen LogP contribution in [0.4, 0.5) is 0 Å². The highest BCUT2D eigenvalue weighted by Crippen LogP contribution is 2.31. The van der Waals surface area contributed by atoms with Gasteiger partial charge >= 0.3 is 0 Å². The van der Waals surface area contributed by atoms with Crippen LogP contribution in [0.3, 0.4) is 0 Å². The lowest BCUT2D eigenvalue weighted by atomic mass is 10.2. The molecule has 0 bridgehead atoms. The van der Waals surface area contributed by atoms with Crippen LogP contribution in [0.2, 0.25) is 0 Å². The van der Waals surface area contributed by atoms with Crippen LogP contribution in [0.25, 0.3) is 6.08 Å². The van der Waals surface area contributed by atoms with E-state index in [1.54, 1.807) is 31.5 Å². The largest absolute Gasteiger partial charge is 0.493 e. The molecule has 1 N–H and O–H groups in total. The standard InChI is InChI=1S/C15H12N2O4S2/c1-19-11-6-9(7-12-14(18)17-15(22)23-12)2-3-10(11)21-8-13-16-4-5-20-13/h2-7H,8H2,1H3,(H,17,18,22)/b12-7-. The molecule has 0 aliphatic carbocycles. The molecule has 118 valence electrons. The highest BCUT2D eigenvalue weighted by molar-refractivity contribution is 8.26. The number of thiocarbonyl (C=S) groups is 1. The number of amides is 1. The van der Waals surface area contributed by atoms with Gasteiger partial charge in [0.15, 0.2) is 18.1 Å². The molecular weight excluding hydrogens is 336 g/mol. The Bertz CT molecular complexity index is 772. The first-order chi connectivity index (χ1) is 11.2. The molecule has 0 unspecified atom stereocenters. The van der Waals surface area contributed by atoms with Crippen molar-refractivity contribution in [2.45, 2.75) is 6.61 Å². The van der Waals surface area contributed by atoms with E-state index in [0.717, 1.165) is 5.56 Å². The van der Waals surface area contributed by atoms with Crippen LogP contribution >= 0.6 is 24.0 Å². The molecule has 0 spiro atoms. The summed E-state index contributed by atoms with van der Waals surface area (Å²) >= 11 is 6.20. The van der Waals surface area contributed by atoms with Crippen LogP contribution in [0, 0.1) is 0 Å². The number of aromatic nitrogens is 1. The summed E-state index contributed by atoms with van der Waals surface area (Å²) in [5, 5.41) is 2.58. The van der Waals surface area contributed by atoms with Crippen molar-refractivity contribution in [1.29, 1.82) is 0 Å². The van der Waals surface area contributed by atoms with Crippen LogP contribution in [-0.4, -0.2) is 22.3 Å². The van der Waals surface area contributed by atoms with Gasteiger partial charge in [-0.25, -0.2) is 4.98 Å². The summed E-state index contributed by atoms with van der Waals surface area (Å²) in [5.41, 5.74) is 0.813. The van der Waals surface area contributed by atoms with Gasteiger partial charge in [-0.1, -0.05) is 30.0 Å². The highest BCUT2D eigenvalue weighted by Gasteiger charge is 2.22. The number of carbonyl (C=O) groups is 1. The number of methoxy groups -OCH3 is 1. The first-order valence-corrected chi connectivity index (χ1v) is 7.82. The Kier molecular flexibility index (Phi) is 4.63. The number of hydrogen-bond donors (Lipinski definition) is 1. The summed E-state index contributed by atoms with van der Waals surface area (Å²) in [6, 6.07) is 5.38. The second-order valence-corrected chi connectivity index (χ2v) is 6.20. The smallest absolute Gasteiger partial charge is 0.263 e. The number of benzene rings is 1. The molecule has 0 saturated carbocycles. The fourth-order valence-corrected chi connectivity index (χ4v) is 2.97. The van der Waals surface area contributed by atoms with Crippen molar-refractivity contribution in [2.75, 3.05) is 7.11 Å². The quantitative estimate of drug-likeness (QED) is 0.658. The monoisotopic (exact) mass is 348 g/mol. The predicted octanol–water partition coefficient (Wildman–Crippen LogP) is 2.75. The molecule has 2 aromatic rings. The lowest BCUT2D eigenvalue weighted by Gasteiger charge is -2.10. The molecule has 0 radical (unpaired) electrons. The summed E-state index contributed by atoms with van der Waals surface area (Å²) in [6.07, 6.45) is 4.79. The molecule has 1 aliphatic heterocycles. The normalized spacial score (nSPS) is 15.8. The van der Waals surface area contributed by atoms with Crippen molar-refractivity contribution < 1.29 is 18.7 Å². The number of oxazole rings is 1. The molecule has 2 heterocycles. The average molecular weight is 348 g/mol. The molecule has 1 saturated heterocycles. The molecule has 1 aromatic carbocycles. The summed E-state index contributed by atoms with van der Waals surface area (Å²) in [4.78, 5) is 16.2. The van der Waals surface area contributed by atoms with E-state index >= 15 is 0 Å². The number of rotatable bonds is 5. The van der Waals surface area contributed by atoms with Crippen molar-refractivity contribution >= 4 is 40.3 Å². The Morgan fingerprint density at radius 1 is 1.43 bits per heavy atom. The fourth-order valence-electron chi connectivity index (χ4n) is 1.93. The van der Waals surface area contributed by atoms with E-state index in [9.17, 15) is 4.79 Å². The van der Waals surface area contributed by atoms with Crippen molar-refractivity contribution in [3.63, 3.8) is 0 Å². The maximum atomic E-state index is 11.7. The van der Waals surface area contributed by atoms with Gasteiger partial charge in [-0.2, -0.15) is 0 Å². The van der Waals surface area contributed by atoms with Gasteiger partial charge in [0.1, 0.15) is 10.6 Å². The van der Waals surface area contributed by atoms with Crippen LogP contribution in [0.15, 0.2) is 40.0 Å². The Hall–Kier alpha value is -2.32. The van der Waals surface area contributed by atoms with Gasteiger partial charge in [-0.3, -0.25) is 4.79 Å². The molecule has 23 heavy (non-hydrogen) atoms. The minimum Gasteiger partial charge on any atom is -0.493 e. The number of nitrogens with one attached hydrogen (secondary N) is 1. The number of carbonyl (C=O) groups excluding carboxylic acids is 1. The summed E-state index contributed by atoms with van der Waals surface area (Å²) in [6.45, 7) is 0.205. The van der Waals surface area contributed by atoms with Crippen LogP contribution in [0.5, 0.6) is 11.5 Å². The van der Waals surface area contributed by atoms with Crippen molar-refractivity contribution in [3.05, 3.63) is 47.0 Å². The van der Waals surface area contributed by atoms with Gasteiger partial charge in [0, 0.05) is 0 Å². The maximum Gasteiger partial charge on any atom is 0.263 e. The lowest BCUT2D eigenvalue weighted by Crippen LogP contribution is -2.17. The summed E-state index contributed by atoms with van der Waals surface area (Å²) < 4.78 is 16.5. The minimum absolute atomic E-state index is 0.191. The van der Waals surface area contributed by atoms with E-state index < -0.39 is 0 Å². The fraction of sp³-hybridized carbons (Fsp3) is 0.133. The Morgan fingerprint density at radius 3 is 2.96 bits per heavy atom. The zero-order chi connectivity index (χ0) is 16.2. The summed E-state index contributed by atoms with van der Waals surface area (Å²) in [5.74, 6) is 1.40. The maximum absolute atomic E-state index is 11.7. The van der Waals surface area contributed by atoms with Gasteiger partial charge in [0.05, 0.1) is 18.2 Å². The van der Waals surface area contributed by atoms with E-state index in [4.69, 9.17) is 26.1 Å². The molecule has 6 nitrogen and oxygen atoms in total. The van der Waals surface area contributed by atoms with E-state index in [1.165, 1.54) is 18.0 Å². The zero-order valence-corrected chi connectivity index (χ0v) is 13.7. The zero-order valence-electron chi connectivity index (χ0n) is 12.1. The third-order valence-electron chi connectivity index (χ3n) is 2.96. The highest BCUT2D eigenvalue weighted by atomic mass is 32.2. The number of hydrogen-bond acceptors (Lipinski definition) is 7. The Balaban J connectivity index is 1.78. The van der Waals surface area contributed by atoms with Gasteiger partial charge < -0.3 is 19.2 Å². The van der Waals surface area contributed by atoms with E-state index in [0.29, 0.717) is 26.6 Å². The van der Waals surface area contributed by atoms with Crippen LogP contribution in [-0.2, 0) is 11.4 Å². The third-order valence-corrected chi connectivity index (χ3v) is 4.12. The van der Waals surface area contributed by atoms with Gasteiger partial charge in [0.25, 0.3) is 5.91 Å². The van der Waals surface area contributed by atoms with E-state index in [1.807, 2.05) is 6.07 Å². The third kappa shape index (κ3) is 3.72. The second kappa shape index (κ2) is 6.84. The topological polar surface area (TPSA) is 73.6 Å². The van der Waals surface area contributed by atoms with E-state index in [2.05, 4.69) is 10.3 Å². The molecule has 3 rings (SSSR count). The molecule has 1 aliphatic rings. The SMILES string of the molecule is COc1cc(/C=C2\SC(=S)NC2=O)ccc1OCc1ncco1. The molecule has 8 heteroatoms. The molecule has 0 atom stereocenters. The van der Waals surface area contributed by atoms with E-state index in [-0.39, 0.29) is 12.5 Å². The van der Waals surface area contributed by atoms with Gasteiger partial charge in [-0.05, 0) is 23.8 Å². The predicted molar refractivity (Wildman–Crippen MR) is 90.1 cm³/mol. The van der Waals surface area contributed by atoms with Gasteiger partial charge in [0.2, 0.25) is 5.89 Å². The Morgan fingerprint density at radius 2 is 2.30 bits per heavy atom. The first kappa shape index (κ1) is 15.6. The number of thioether (sulfide) groups is 1. The number of ether oxygens (including phenoxy) is 2. The average Bonchev–Trinajstić information content (AvgIpc) is 3.16. The molecule has 1 fully saturated rings. The Labute approximate surface area is 141 Å². The molecule has 1 amide bonds. The van der Waals surface area contributed by atoms with Crippen LogP contribution in [0.1, 0.15) is 11.5 Å². The van der Waals surface area contributed by atoms with Crippen molar-refractivity contribution in [1.82, 2.24) is 10.3 Å².